The standard InChI is InChI=1S/C22H22ClN5O2/c1-4-14(3)24-21(29)19-25-20-22(30)27(12-15-6-8-16(23)9-7-15)18-11-13(2)5-10-17(18)28(20)26-19/h5-11,14H,4,12H2,1-3H3,(H,24,29)/t14-/m0/s1. The molecule has 0 spiro atoms. The Morgan fingerprint density at radius 3 is 2.60 bits per heavy atom. The minimum absolute atomic E-state index is 0.00920. The van der Waals surface area contributed by atoms with E-state index in [4.69, 9.17) is 11.6 Å². The first-order chi connectivity index (χ1) is 14.4. The van der Waals surface area contributed by atoms with Crippen LogP contribution in [0, 0.1) is 6.92 Å². The van der Waals surface area contributed by atoms with Gasteiger partial charge in [-0.25, -0.2) is 4.52 Å². The number of aromatic nitrogens is 4. The maximum atomic E-state index is 13.3. The summed E-state index contributed by atoms with van der Waals surface area (Å²) in [5.41, 5.74) is 3.19. The molecular formula is C22H22ClN5O2. The highest BCUT2D eigenvalue weighted by atomic mass is 35.5. The second kappa shape index (κ2) is 7.91. The Bertz CT molecular complexity index is 1310. The minimum atomic E-state index is -0.392. The Hall–Kier alpha value is -3.19. The number of benzene rings is 2. The van der Waals surface area contributed by atoms with Crippen LogP contribution in [-0.4, -0.2) is 31.1 Å². The summed E-state index contributed by atoms with van der Waals surface area (Å²) in [5.74, 6) is -0.407. The van der Waals surface area contributed by atoms with Crippen LogP contribution in [0.5, 0.6) is 0 Å². The number of carbonyl (C=O) groups is 1. The average molecular weight is 424 g/mol. The molecule has 4 rings (SSSR count). The molecule has 0 aliphatic rings. The summed E-state index contributed by atoms with van der Waals surface area (Å²) in [6.07, 6.45) is 0.787. The molecule has 0 saturated carbocycles. The van der Waals surface area contributed by atoms with E-state index >= 15 is 0 Å². The molecule has 0 saturated heterocycles. The topological polar surface area (TPSA) is 81.3 Å². The molecule has 8 heteroatoms. The quantitative estimate of drug-likeness (QED) is 0.532. The Morgan fingerprint density at radius 2 is 1.90 bits per heavy atom. The predicted octanol–water partition coefficient (Wildman–Crippen LogP) is 3.58. The van der Waals surface area contributed by atoms with Crippen molar-refractivity contribution in [1.82, 2.24) is 24.5 Å². The van der Waals surface area contributed by atoms with Crippen LogP contribution >= 0.6 is 11.6 Å². The summed E-state index contributed by atoms with van der Waals surface area (Å²) < 4.78 is 3.12. The van der Waals surface area contributed by atoms with Crippen molar-refractivity contribution >= 4 is 34.2 Å². The normalized spacial score (nSPS) is 12.4. The Kier molecular flexibility index (Phi) is 5.30. The van der Waals surface area contributed by atoms with Crippen LogP contribution in [-0.2, 0) is 6.54 Å². The van der Waals surface area contributed by atoms with Gasteiger partial charge in [-0.05, 0) is 55.7 Å². The van der Waals surface area contributed by atoms with Gasteiger partial charge in [0.2, 0.25) is 11.5 Å². The molecule has 2 aromatic heterocycles. The molecule has 0 aliphatic heterocycles. The van der Waals surface area contributed by atoms with E-state index in [2.05, 4.69) is 15.4 Å². The van der Waals surface area contributed by atoms with Crippen molar-refractivity contribution in [3.63, 3.8) is 0 Å². The van der Waals surface area contributed by atoms with Gasteiger partial charge < -0.3 is 5.32 Å². The van der Waals surface area contributed by atoms with Gasteiger partial charge in [0.25, 0.3) is 11.5 Å². The van der Waals surface area contributed by atoms with Crippen molar-refractivity contribution in [2.45, 2.75) is 39.8 Å². The zero-order valence-electron chi connectivity index (χ0n) is 17.0. The van der Waals surface area contributed by atoms with Crippen LogP contribution in [0.15, 0.2) is 47.3 Å². The molecule has 0 fully saturated rings. The van der Waals surface area contributed by atoms with Crippen LogP contribution in [0.3, 0.4) is 0 Å². The van der Waals surface area contributed by atoms with Crippen molar-refractivity contribution in [2.75, 3.05) is 0 Å². The molecule has 30 heavy (non-hydrogen) atoms. The first-order valence-electron chi connectivity index (χ1n) is 9.82. The number of fused-ring (bicyclic) bond motifs is 3. The summed E-state index contributed by atoms with van der Waals surface area (Å²) >= 11 is 5.99. The fourth-order valence-corrected chi connectivity index (χ4v) is 3.42. The van der Waals surface area contributed by atoms with Crippen LogP contribution < -0.4 is 10.9 Å². The fourth-order valence-electron chi connectivity index (χ4n) is 3.29. The van der Waals surface area contributed by atoms with Gasteiger partial charge >= 0.3 is 0 Å². The van der Waals surface area contributed by atoms with E-state index in [0.29, 0.717) is 17.1 Å². The van der Waals surface area contributed by atoms with Crippen LogP contribution in [0.1, 0.15) is 42.0 Å². The largest absolute Gasteiger partial charge is 0.347 e. The van der Waals surface area contributed by atoms with Gasteiger partial charge in [-0.1, -0.05) is 36.7 Å². The number of carbonyl (C=O) groups excluding carboxylic acids is 1. The lowest BCUT2D eigenvalue weighted by molar-refractivity contribution is 0.0929. The highest BCUT2D eigenvalue weighted by Gasteiger charge is 2.20. The van der Waals surface area contributed by atoms with Gasteiger partial charge in [0, 0.05) is 11.1 Å². The lowest BCUT2D eigenvalue weighted by atomic mass is 10.2. The zero-order chi connectivity index (χ0) is 21.4. The third-order valence-electron chi connectivity index (χ3n) is 5.14. The molecule has 1 amide bonds. The van der Waals surface area contributed by atoms with Gasteiger partial charge in [-0.15, -0.1) is 5.10 Å². The number of hydrogen-bond acceptors (Lipinski definition) is 4. The SMILES string of the molecule is CC[C@H](C)NC(=O)c1nc2c(=O)n(Cc3ccc(Cl)cc3)c3cc(C)ccc3n2n1. The number of halogens is 1. The van der Waals surface area contributed by atoms with Crippen molar-refractivity contribution in [3.8, 4) is 0 Å². The summed E-state index contributed by atoms with van der Waals surface area (Å²) in [6.45, 7) is 6.21. The summed E-state index contributed by atoms with van der Waals surface area (Å²) in [5, 5.41) is 7.82. The maximum Gasteiger partial charge on any atom is 0.296 e. The van der Waals surface area contributed by atoms with E-state index in [-0.39, 0.29) is 23.1 Å². The number of rotatable bonds is 5. The molecule has 2 heterocycles. The van der Waals surface area contributed by atoms with E-state index in [1.807, 2.05) is 51.1 Å². The molecule has 0 bridgehead atoms. The molecule has 1 atom stereocenters. The first-order valence-corrected chi connectivity index (χ1v) is 10.2. The fraction of sp³-hybridized carbons (Fsp3) is 0.273. The number of nitrogens with one attached hydrogen (secondary N) is 1. The Labute approximate surface area is 178 Å². The molecule has 2 aromatic carbocycles. The number of hydrogen-bond donors (Lipinski definition) is 1. The van der Waals surface area contributed by atoms with Crippen molar-refractivity contribution in [2.24, 2.45) is 0 Å². The van der Waals surface area contributed by atoms with Gasteiger partial charge in [0.1, 0.15) is 0 Å². The number of nitrogens with zero attached hydrogens (tertiary/aromatic N) is 4. The van der Waals surface area contributed by atoms with Crippen LogP contribution in [0.4, 0.5) is 0 Å². The highest BCUT2D eigenvalue weighted by Crippen LogP contribution is 2.18. The monoisotopic (exact) mass is 423 g/mol. The molecular weight excluding hydrogens is 402 g/mol. The van der Waals surface area contributed by atoms with Crippen molar-refractivity contribution < 1.29 is 4.79 Å². The van der Waals surface area contributed by atoms with Gasteiger partial charge in [0.05, 0.1) is 17.6 Å². The third kappa shape index (κ3) is 3.68. The van der Waals surface area contributed by atoms with E-state index in [9.17, 15) is 9.59 Å². The predicted molar refractivity (Wildman–Crippen MR) is 117 cm³/mol. The second-order valence-electron chi connectivity index (χ2n) is 7.46. The number of amides is 1. The zero-order valence-corrected chi connectivity index (χ0v) is 17.8. The summed E-state index contributed by atoms with van der Waals surface area (Å²) in [7, 11) is 0. The second-order valence-corrected chi connectivity index (χ2v) is 7.90. The Balaban J connectivity index is 1.91. The Morgan fingerprint density at radius 1 is 1.17 bits per heavy atom. The smallest absolute Gasteiger partial charge is 0.296 e. The van der Waals surface area contributed by atoms with Crippen molar-refractivity contribution in [1.29, 1.82) is 0 Å². The third-order valence-corrected chi connectivity index (χ3v) is 5.39. The molecule has 0 unspecified atom stereocenters. The molecule has 7 nitrogen and oxygen atoms in total. The van der Waals surface area contributed by atoms with E-state index < -0.39 is 5.91 Å². The molecule has 1 N–H and O–H groups in total. The summed E-state index contributed by atoms with van der Waals surface area (Å²) in [4.78, 5) is 30.1. The minimum Gasteiger partial charge on any atom is -0.347 e. The summed E-state index contributed by atoms with van der Waals surface area (Å²) in [6, 6.07) is 13.1. The highest BCUT2D eigenvalue weighted by molar-refractivity contribution is 6.30. The molecule has 0 aliphatic carbocycles. The molecule has 154 valence electrons. The number of aryl methyl sites for hydroxylation is 1. The van der Waals surface area contributed by atoms with Gasteiger partial charge in [-0.3, -0.25) is 14.2 Å². The molecule has 4 aromatic rings. The lowest BCUT2D eigenvalue weighted by Crippen LogP contribution is -2.32. The van der Waals surface area contributed by atoms with E-state index in [1.54, 1.807) is 16.7 Å². The molecule has 0 radical (unpaired) electrons. The lowest BCUT2D eigenvalue weighted by Gasteiger charge is -2.12. The average Bonchev–Trinajstić information content (AvgIpc) is 3.18. The van der Waals surface area contributed by atoms with Crippen molar-refractivity contribution in [3.05, 3.63) is 74.8 Å². The van der Waals surface area contributed by atoms with Gasteiger partial charge in [-0.2, -0.15) is 4.98 Å². The van der Waals surface area contributed by atoms with E-state index in [0.717, 1.165) is 23.1 Å². The van der Waals surface area contributed by atoms with E-state index in [1.165, 1.54) is 4.52 Å². The van der Waals surface area contributed by atoms with Crippen LogP contribution in [0.25, 0.3) is 16.7 Å². The first kappa shape index (κ1) is 20.1. The maximum absolute atomic E-state index is 13.3. The van der Waals surface area contributed by atoms with Gasteiger partial charge in [0.15, 0.2) is 0 Å². The van der Waals surface area contributed by atoms with Crippen LogP contribution in [0.2, 0.25) is 5.02 Å².